The molecule has 6 nitrogen and oxygen atoms in total. The first-order chi connectivity index (χ1) is 14.0. The van der Waals surface area contributed by atoms with Crippen LogP contribution in [0.4, 0.5) is 0 Å². The van der Waals surface area contributed by atoms with Crippen LogP contribution in [0, 0.1) is 6.92 Å². The van der Waals surface area contributed by atoms with Gasteiger partial charge in [0.1, 0.15) is 12.7 Å². The maximum absolute atomic E-state index is 11.5. The van der Waals surface area contributed by atoms with Gasteiger partial charge in [-0.3, -0.25) is 9.69 Å². The zero-order valence-electron chi connectivity index (χ0n) is 17.8. The van der Waals surface area contributed by atoms with Gasteiger partial charge < -0.3 is 19.1 Å². The molecule has 0 bridgehead atoms. The molecule has 0 amide bonds. The van der Waals surface area contributed by atoms with Crippen LogP contribution in [0.1, 0.15) is 36.6 Å². The molecule has 2 aromatic rings. The lowest BCUT2D eigenvalue weighted by molar-refractivity contribution is -0.147. The highest BCUT2D eigenvalue weighted by Crippen LogP contribution is 2.14. The van der Waals surface area contributed by atoms with Crippen molar-refractivity contribution in [1.82, 2.24) is 9.47 Å². The van der Waals surface area contributed by atoms with E-state index in [2.05, 4.69) is 52.9 Å². The fourth-order valence-electron chi connectivity index (χ4n) is 3.22. The van der Waals surface area contributed by atoms with Gasteiger partial charge >= 0.3 is 5.97 Å². The zero-order chi connectivity index (χ0) is 21.1. The van der Waals surface area contributed by atoms with Gasteiger partial charge in [0.05, 0.1) is 6.61 Å². The Kier molecular flexibility index (Phi) is 9.91. The lowest BCUT2D eigenvalue weighted by atomic mass is 10.1. The SMILES string of the molecule is CCCC(=O)OC[C@H](O)CN(CCOC)Cc1cccn1Cc1ccccc1C. The summed E-state index contributed by atoms with van der Waals surface area (Å²) in [5.74, 6) is -0.262. The first-order valence-electron chi connectivity index (χ1n) is 10.3. The van der Waals surface area contributed by atoms with Crippen LogP contribution in [0.25, 0.3) is 0 Å². The summed E-state index contributed by atoms with van der Waals surface area (Å²) < 4.78 is 12.6. The standard InChI is InChI=1S/C23H34N2O4/c1-4-8-23(27)29-18-22(26)17-24(13-14-28-3)16-21-11-7-12-25(21)15-20-10-6-5-9-19(20)2/h5-7,9-12,22,26H,4,8,13-18H2,1-3H3/t22-/m1/s1. The van der Waals surface area contributed by atoms with Crippen molar-refractivity contribution in [3.63, 3.8) is 0 Å². The van der Waals surface area contributed by atoms with Crippen LogP contribution in [-0.2, 0) is 27.4 Å². The van der Waals surface area contributed by atoms with E-state index < -0.39 is 6.10 Å². The summed E-state index contributed by atoms with van der Waals surface area (Å²) in [7, 11) is 1.67. The second-order valence-electron chi connectivity index (χ2n) is 7.37. The zero-order valence-corrected chi connectivity index (χ0v) is 17.8. The molecule has 0 aliphatic carbocycles. The Balaban J connectivity index is 1.98. The molecular weight excluding hydrogens is 368 g/mol. The van der Waals surface area contributed by atoms with Gasteiger partial charge in [-0.15, -0.1) is 0 Å². The monoisotopic (exact) mass is 402 g/mol. The van der Waals surface area contributed by atoms with E-state index in [9.17, 15) is 9.90 Å². The number of hydrogen-bond acceptors (Lipinski definition) is 5. The number of benzene rings is 1. The fourth-order valence-corrected chi connectivity index (χ4v) is 3.22. The minimum absolute atomic E-state index is 0.0204. The van der Waals surface area contributed by atoms with Crippen molar-refractivity contribution < 1.29 is 19.4 Å². The van der Waals surface area contributed by atoms with Crippen LogP contribution < -0.4 is 0 Å². The van der Waals surface area contributed by atoms with Crippen molar-refractivity contribution in [1.29, 1.82) is 0 Å². The van der Waals surface area contributed by atoms with Gasteiger partial charge in [0, 0.05) is 51.6 Å². The van der Waals surface area contributed by atoms with Gasteiger partial charge in [-0.1, -0.05) is 31.2 Å². The molecule has 160 valence electrons. The maximum Gasteiger partial charge on any atom is 0.305 e. The first kappa shape index (κ1) is 23.1. The molecule has 0 spiro atoms. The highest BCUT2D eigenvalue weighted by molar-refractivity contribution is 5.69. The number of aliphatic hydroxyl groups excluding tert-OH is 1. The van der Waals surface area contributed by atoms with E-state index in [1.165, 1.54) is 16.8 Å². The molecule has 6 heteroatoms. The van der Waals surface area contributed by atoms with Gasteiger partial charge in [-0.25, -0.2) is 0 Å². The molecule has 0 saturated carbocycles. The number of hydrogen-bond donors (Lipinski definition) is 1. The summed E-state index contributed by atoms with van der Waals surface area (Å²) in [4.78, 5) is 13.7. The number of aliphatic hydroxyl groups is 1. The molecule has 1 aromatic heterocycles. The summed E-state index contributed by atoms with van der Waals surface area (Å²) in [5, 5.41) is 10.3. The molecular formula is C23H34N2O4. The van der Waals surface area contributed by atoms with E-state index in [1.54, 1.807) is 7.11 Å². The number of methoxy groups -OCH3 is 1. The fraction of sp³-hybridized carbons (Fsp3) is 0.522. The number of carbonyl (C=O) groups is 1. The van der Waals surface area contributed by atoms with Crippen LogP contribution in [-0.4, -0.2) is 60.1 Å². The molecule has 0 saturated heterocycles. The van der Waals surface area contributed by atoms with Crippen LogP contribution in [0.15, 0.2) is 42.6 Å². The van der Waals surface area contributed by atoms with Crippen LogP contribution >= 0.6 is 0 Å². The van der Waals surface area contributed by atoms with Crippen molar-refractivity contribution >= 4 is 5.97 Å². The Morgan fingerprint density at radius 3 is 2.76 bits per heavy atom. The van der Waals surface area contributed by atoms with E-state index in [0.717, 1.165) is 13.0 Å². The van der Waals surface area contributed by atoms with Crippen molar-refractivity contribution in [2.75, 3.05) is 33.4 Å². The molecule has 0 unspecified atom stereocenters. The smallest absolute Gasteiger partial charge is 0.305 e. The summed E-state index contributed by atoms with van der Waals surface area (Å²) >= 11 is 0. The summed E-state index contributed by atoms with van der Waals surface area (Å²) in [6.45, 7) is 7.24. The Bertz CT molecular complexity index is 744. The van der Waals surface area contributed by atoms with E-state index in [1.807, 2.05) is 13.0 Å². The Morgan fingerprint density at radius 1 is 1.24 bits per heavy atom. The molecule has 0 radical (unpaired) electrons. The molecule has 0 aliphatic rings. The van der Waals surface area contributed by atoms with Gasteiger partial charge in [0.15, 0.2) is 0 Å². The van der Waals surface area contributed by atoms with Crippen LogP contribution in [0.5, 0.6) is 0 Å². The van der Waals surface area contributed by atoms with Crippen molar-refractivity contribution in [2.24, 2.45) is 0 Å². The molecule has 1 atom stereocenters. The average molecular weight is 403 g/mol. The van der Waals surface area contributed by atoms with E-state index in [4.69, 9.17) is 9.47 Å². The molecule has 0 fully saturated rings. The normalized spacial score (nSPS) is 12.3. The predicted octanol–water partition coefficient (Wildman–Crippen LogP) is 3.00. The largest absolute Gasteiger partial charge is 0.463 e. The number of ether oxygens (including phenoxy) is 2. The average Bonchev–Trinajstić information content (AvgIpc) is 3.13. The van der Waals surface area contributed by atoms with E-state index in [-0.39, 0.29) is 12.6 Å². The quantitative estimate of drug-likeness (QED) is 0.522. The third-order valence-corrected chi connectivity index (χ3v) is 4.88. The van der Waals surface area contributed by atoms with Crippen LogP contribution in [0.2, 0.25) is 0 Å². The highest BCUT2D eigenvalue weighted by atomic mass is 16.5. The summed E-state index contributed by atoms with van der Waals surface area (Å²) in [6, 6.07) is 12.5. The van der Waals surface area contributed by atoms with Crippen molar-refractivity contribution in [3.05, 3.63) is 59.4 Å². The number of esters is 1. The van der Waals surface area contributed by atoms with E-state index >= 15 is 0 Å². The minimum atomic E-state index is -0.729. The second-order valence-corrected chi connectivity index (χ2v) is 7.37. The summed E-state index contributed by atoms with van der Waals surface area (Å²) in [5.41, 5.74) is 3.73. The molecule has 2 rings (SSSR count). The van der Waals surface area contributed by atoms with Gasteiger partial charge in [-0.05, 0) is 36.6 Å². The summed E-state index contributed by atoms with van der Waals surface area (Å²) in [6.07, 6.45) is 2.48. The molecule has 1 aromatic carbocycles. The van der Waals surface area contributed by atoms with Crippen molar-refractivity contribution in [3.8, 4) is 0 Å². The second kappa shape index (κ2) is 12.4. The molecule has 29 heavy (non-hydrogen) atoms. The molecule has 1 heterocycles. The number of nitrogens with zero attached hydrogens (tertiary/aromatic N) is 2. The Hall–Kier alpha value is -2.15. The highest BCUT2D eigenvalue weighted by Gasteiger charge is 2.16. The predicted molar refractivity (Wildman–Crippen MR) is 114 cm³/mol. The number of aromatic nitrogens is 1. The van der Waals surface area contributed by atoms with Gasteiger partial charge in [0.2, 0.25) is 0 Å². The number of carbonyl (C=O) groups excluding carboxylic acids is 1. The van der Waals surface area contributed by atoms with Crippen molar-refractivity contribution in [2.45, 2.75) is 45.9 Å². The number of aryl methyl sites for hydroxylation is 1. The Morgan fingerprint density at radius 2 is 2.03 bits per heavy atom. The minimum Gasteiger partial charge on any atom is -0.463 e. The third-order valence-electron chi connectivity index (χ3n) is 4.88. The lowest BCUT2D eigenvalue weighted by Crippen LogP contribution is -2.37. The molecule has 0 aliphatic heterocycles. The topological polar surface area (TPSA) is 63.9 Å². The maximum atomic E-state index is 11.5. The lowest BCUT2D eigenvalue weighted by Gasteiger charge is -2.25. The van der Waals surface area contributed by atoms with E-state index in [0.29, 0.717) is 32.7 Å². The first-order valence-corrected chi connectivity index (χ1v) is 10.3. The number of rotatable bonds is 13. The van der Waals surface area contributed by atoms with Gasteiger partial charge in [-0.2, -0.15) is 0 Å². The van der Waals surface area contributed by atoms with Crippen LogP contribution in [0.3, 0.4) is 0 Å². The van der Waals surface area contributed by atoms with Gasteiger partial charge in [0.25, 0.3) is 0 Å². The third kappa shape index (κ3) is 8.01. The Labute approximate surface area is 174 Å². The molecule has 1 N–H and O–H groups in total.